The molecule has 0 fully saturated rings. The minimum absolute atomic E-state index is 1.00. The van der Waals surface area contributed by atoms with Crippen molar-refractivity contribution in [2.75, 3.05) is 0 Å². The minimum Gasteiger partial charge on any atom is -0.256 e. The van der Waals surface area contributed by atoms with Crippen LogP contribution in [-0.4, -0.2) is 4.98 Å². The van der Waals surface area contributed by atoms with Crippen molar-refractivity contribution in [3.63, 3.8) is 0 Å². The number of rotatable bonds is 3. The first-order valence-electron chi connectivity index (χ1n) is 6.35. The van der Waals surface area contributed by atoms with Gasteiger partial charge in [0.15, 0.2) is 0 Å². The maximum atomic E-state index is 4.40. The van der Waals surface area contributed by atoms with E-state index in [9.17, 15) is 0 Å². The van der Waals surface area contributed by atoms with Crippen LogP contribution in [0.3, 0.4) is 0 Å². The number of hydrogen-bond donors (Lipinski definition) is 0. The molecule has 2 aromatic carbocycles. The van der Waals surface area contributed by atoms with Gasteiger partial charge in [-0.1, -0.05) is 42.5 Å². The SMILES string of the molecule is Cc1ccccc1CSc1ccnc2ccccc12. The van der Waals surface area contributed by atoms with Crippen LogP contribution in [0.4, 0.5) is 0 Å². The largest absolute Gasteiger partial charge is 0.256 e. The molecule has 0 bridgehead atoms. The Balaban J connectivity index is 1.88. The van der Waals surface area contributed by atoms with Gasteiger partial charge in [0, 0.05) is 22.2 Å². The van der Waals surface area contributed by atoms with Gasteiger partial charge in [-0.3, -0.25) is 4.98 Å². The van der Waals surface area contributed by atoms with Crippen LogP contribution in [0.2, 0.25) is 0 Å². The van der Waals surface area contributed by atoms with Crippen LogP contribution in [0.1, 0.15) is 11.1 Å². The number of hydrogen-bond acceptors (Lipinski definition) is 2. The van der Waals surface area contributed by atoms with Gasteiger partial charge in [-0.05, 0) is 30.2 Å². The standard InChI is InChI=1S/C17H15NS/c1-13-6-2-3-7-14(13)12-19-17-10-11-18-16-9-5-4-8-15(16)17/h2-11H,12H2,1H3. The van der Waals surface area contributed by atoms with E-state index in [2.05, 4.69) is 60.4 Å². The first-order valence-corrected chi connectivity index (χ1v) is 7.34. The fraction of sp³-hybridized carbons (Fsp3) is 0.118. The predicted molar refractivity (Wildman–Crippen MR) is 82.5 cm³/mol. The van der Waals surface area contributed by atoms with Crippen molar-refractivity contribution in [3.8, 4) is 0 Å². The average molecular weight is 265 g/mol. The van der Waals surface area contributed by atoms with E-state index in [1.54, 1.807) is 0 Å². The first-order chi connectivity index (χ1) is 9.34. The molecule has 2 heteroatoms. The average Bonchev–Trinajstić information content (AvgIpc) is 2.46. The summed E-state index contributed by atoms with van der Waals surface area (Å²) in [7, 11) is 0. The van der Waals surface area contributed by atoms with Gasteiger partial charge < -0.3 is 0 Å². The highest BCUT2D eigenvalue weighted by Crippen LogP contribution is 2.29. The fourth-order valence-electron chi connectivity index (χ4n) is 2.12. The lowest BCUT2D eigenvalue weighted by atomic mass is 10.1. The lowest BCUT2D eigenvalue weighted by Gasteiger charge is -2.07. The minimum atomic E-state index is 1.00. The number of aromatic nitrogens is 1. The van der Waals surface area contributed by atoms with Gasteiger partial charge in [-0.15, -0.1) is 11.8 Å². The second kappa shape index (κ2) is 5.45. The van der Waals surface area contributed by atoms with Crippen LogP contribution in [0, 0.1) is 6.92 Å². The van der Waals surface area contributed by atoms with Crippen LogP contribution in [-0.2, 0) is 5.75 Å². The maximum Gasteiger partial charge on any atom is 0.0713 e. The zero-order valence-electron chi connectivity index (χ0n) is 10.8. The topological polar surface area (TPSA) is 12.9 Å². The Labute approximate surface area is 117 Å². The van der Waals surface area contributed by atoms with E-state index in [0.717, 1.165) is 11.3 Å². The van der Waals surface area contributed by atoms with Crippen molar-refractivity contribution >= 4 is 22.7 Å². The number of fused-ring (bicyclic) bond motifs is 1. The second-order valence-electron chi connectivity index (χ2n) is 4.54. The quantitative estimate of drug-likeness (QED) is 0.629. The molecule has 0 spiro atoms. The lowest BCUT2D eigenvalue weighted by molar-refractivity contribution is 1.30. The molecule has 0 amide bonds. The van der Waals surface area contributed by atoms with E-state index in [1.807, 2.05) is 24.0 Å². The third-order valence-electron chi connectivity index (χ3n) is 3.25. The summed E-state index contributed by atoms with van der Waals surface area (Å²) in [5.74, 6) is 1.00. The van der Waals surface area contributed by atoms with E-state index >= 15 is 0 Å². The fourth-order valence-corrected chi connectivity index (χ4v) is 3.24. The Kier molecular flexibility index (Phi) is 3.51. The second-order valence-corrected chi connectivity index (χ2v) is 5.56. The first kappa shape index (κ1) is 12.2. The Bertz CT molecular complexity index is 701. The monoisotopic (exact) mass is 265 g/mol. The predicted octanol–water partition coefficient (Wildman–Crippen LogP) is 4.84. The van der Waals surface area contributed by atoms with Gasteiger partial charge in [-0.2, -0.15) is 0 Å². The van der Waals surface area contributed by atoms with Gasteiger partial charge in [-0.25, -0.2) is 0 Å². The summed E-state index contributed by atoms with van der Waals surface area (Å²) in [6.07, 6.45) is 1.89. The van der Waals surface area contributed by atoms with Gasteiger partial charge in [0.25, 0.3) is 0 Å². The van der Waals surface area contributed by atoms with Crippen molar-refractivity contribution in [1.82, 2.24) is 4.98 Å². The summed E-state index contributed by atoms with van der Waals surface area (Å²) in [4.78, 5) is 5.70. The third-order valence-corrected chi connectivity index (χ3v) is 4.38. The third kappa shape index (κ3) is 2.64. The van der Waals surface area contributed by atoms with Crippen LogP contribution in [0.5, 0.6) is 0 Å². The van der Waals surface area contributed by atoms with Crippen LogP contribution >= 0.6 is 11.8 Å². The number of benzene rings is 2. The Morgan fingerprint density at radius 1 is 0.947 bits per heavy atom. The van der Waals surface area contributed by atoms with Crippen LogP contribution in [0.15, 0.2) is 65.7 Å². The van der Waals surface area contributed by atoms with E-state index in [0.29, 0.717) is 0 Å². The molecule has 0 saturated heterocycles. The molecule has 94 valence electrons. The number of pyridine rings is 1. The molecule has 0 unspecified atom stereocenters. The molecule has 1 aromatic heterocycles. The van der Waals surface area contributed by atoms with Gasteiger partial charge in [0.05, 0.1) is 5.52 Å². The molecule has 0 saturated carbocycles. The van der Waals surface area contributed by atoms with E-state index < -0.39 is 0 Å². The Morgan fingerprint density at radius 2 is 1.74 bits per heavy atom. The molecule has 0 N–H and O–H groups in total. The summed E-state index contributed by atoms with van der Waals surface area (Å²) in [6.45, 7) is 2.17. The molecule has 0 atom stereocenters. The molecule has 0 aliphatic rings. The molecule has 0 radical (unpaired) electrons. The van der Waals surface area contributed by atoms with Crippen LogP contribution < -0.4 is 0 Å². The van der Waals surface area contributed by atoms with E-state index in [1.165, 1.54) is 21.4 Å². The van der Waals surface area contributed by atoms with E-state index in [4.69, 9.17) is 0 Å². The molecular weight excluding hydrogens is 250 g/mol. The van der Waals surface area contributed by atoms with Gasteiger partial charge >= 0.3 is 0 Å². The molecular formula is C17H15NS. The van der Waals surface area contributed by atoms with Crippen molar-refractivity contribution in [3.05, 3.63) is 71.9 Å². The molecule has 3 rings (SSSR count). The van der Waals surface area contributed by atoms with Gasteiger partial charge in [0.2, 0.25) is 0 Å². The smallest absolute Gasteiger partial charge is 0.0713 e. The molecule has 0 aliphatic carbocycles. The van der Waals surface area contributed by atoms with Crippen LogP contribution in [0.25, 0.3) is 10.9 Å². The summed E-state index contributed by atoms with van der Waals surface area (Å²) in [6, 6.07) is 19.0. The highest BCUT2D eigenvalue weighted by Gasteiger charge is 2.03. The zero-order chi connectivity index (χ0) is 13.1. The maximum absolute atomic E-state index is 4.40. The number of thioether (sulfide) groups is 1. The van der Waals surface area contributed by atoms with Gasteiger partial charge in [0.1, 0.15) is 0 Å². The molecule has 0 aliphatic heterocycles. The molecule has 1 heterocycles. The normalized spacial score (nSPS) is 10.8. The summed E-state index contributed by atoms with van der Waals surface area (Å²) in [5.41, 5.74) is 3.82. The summed E-state index contributed by atoms with van der Waals surface area (Å²) < 4.78 is 0. The molecule has 1 nitrogen and oxygen atoms in total. The van der Waals surface area contributed by atoms with E-state index in [-0.39, 0.29) is 0 Å². The van der Waals surface area contributed by atoms with Crippen molar-refractivity contribution < 1.29 is 0 Å². The summed E-state index contributed by atoms with van der Waals surface area (Å²) in [5, 5.41) is 1.24. The number of aryl methyl sites for hydroxylation is 1. The van der Waals surface area contributed by atoms with Crippen molar-refractivity contribution in [2.24, 2.45) is 0 Å². The van der Waals surface area contributed by atoms with Crippen molar-refractivity contribution in [1.29, 1.82) is 0 Å². The van der Waals surface area contributed by atoms with Crippen molar-refractivity contribution in [2.45, 2.75) is 17.6 Å². The number of nitrogens with zero attached hydrogens (tertiary/aromatic N) is 1. The summed E-state index contributed by atoms with van der Waals surface area (Å²) >= 11 is 1.88. The molecule has 3 aromatic rings. The highest BCUT2D eigenvalue weighted by molar-refractivity contribution is 7.98. The molecule has 19 heavy (non-hydrogen) atoms. The Morgan fingerprint density at radius 3 is 2.63 bits per heavy atom. The number of para-hydroxylation sites is 1. The Hall–Kier alpha value is -1.80. The zero-order valence-corrected chi connectivity index (χ0v) is 11.7. The lowest BCUT2D eigenvalue weighted by Crippen LogP contribution is -1.86. The highest BCUT2D eigenvalue weighted by atomic mass is 32.2.